The lowest BCUT2D eigenvalue weighted by Crippen LogP contribution is -2.24. The quantitative estimate of drug-likeness (QED) is 0.868. The largest absolute Gasteiger partial charge is 0.369 e. The van der Waals surface area contributed by atoms with Gasteiger partial charge in [0.2, 0.25) is 11.9 Å². The third-order valence-electron chi connectivity index (χ3n) is 2.46. The number of hydrogen-bond acceptors (Lipinski definition) is 3. The molecule has 5 nitrogen and oxygen atoms in total. The van der Waals surface area contributed by atoms with Gasteiger partial charge in [-0.1, -0.05) is 17.7 Å². The van der Waals surface area contributed by atoms with E-state index < -0.39 is 0 Å². The molecule has 3 N–H and O–H groups in total. The fraction of sp³-hybridized carbons (Fsp3) is 0.273. The standard InChI is InChI=1S/C11H13ClN4O/c1-7(17)14-5-6-16-10-8(12)3-2-4-9(10)15-11(16)13/h2-4H,5-6H2,1H3,(H2,13,15)(H,14,17). The van der Waals surface area contributed by atoms with Crippen LogP contribution in [-0.4, -0.2) is 22.0 Å². The summed E-state index contributed by atoms with van der Waals surface area (Å²) in [7, 11) is 0. The van der Waals surface area contributed by atoms with E-state index in [4.69, 9.17) is 17.3 Å². The predicted octanol–water partition coefficient (Wildman–Crippen LogP) is 1.41. The molecule has 17 heavy (non-hydrogen) atoms. The van der Waals surface area contributed by atoms with E-state index in [1.807, 2.05) is 12.1 Å². The zero-order valence-electron chi connectivity index (χ0n) is 9.40. The number of benzene rings is 1. The molecular formula is C11H13ClN4O. The van der Waals surface area contributed by atoms with Crippen molar-refractivity contribution < 1.29 is 4.79 Å². The average molecular weight is 253 g/mol. The van der Waals surface area contributed by atoms with Gasteiger partial charge in [-0.05, 0) is 12.1 Å². The number of nitrogens with one attached hydrogen (secondary N) is 1. The summed E-state index contributed by atoms with van der Waals surface area (Å²) >= 11 is 6.11. The van der Waals surface area contributed by atoms with Crippen molar-refractivity contribution in [2.45, 2.75) is 13.5 Å². The molecule has 0 aliphatic heterocycles. The summed E-state index contributed by atoms with van der Waals surface area (Å²) in [5, 5.41) is 3.32. The summed E-state index contributed by atoms with van der Waals surface area (Å²) in [5.41, 5.74) is 7.38. The highest BCUT2D eigenvalue weighted by molar-refractivity contribution is 6.35. The number of aromatic nitrogens is 2. The summed E-state index contributed by atoms with van der Waals surface area (Å²) in [6, 6.07) is 5.47. The molecule has 2 aromatic rings. The highest BCUT2D eigenvalue weighted by Gasteiger charge is 2.10. The van der Waals surface area contributed by atoms with Crippen molar-refractivity contribution in [1.82, 2.24) is 14.9 Å². The summed E-state index contributed by atoms with van der Waals surface area (Å²) < 4.78 is 1.80. The number of nitrogens with zero attached hydrogens (tertiary/aromatic N) is 2. The minimum atomic E-state index is -0.0703. The maximum Gasteiger partial charge on any atom is 0.216 e. The molecule has 0 bridgehead atoms. The third kappa shape index (κ3) is 2.34. The second-order valence-corrected chi connectivity index (χ2v) is 4.12. The minimum Gasteiger partial charge on any atom is -0.369 e. The number of halogens is 1. The molecule has 6 heteroatoms. The van der Waals surface area contributed by atoms with Crippen molar-refractivity contribution in [3.05, 3.63) is 23.2 Å². The SMILES string of the molecule is CC(=O)NCCn1c(N)nc2cccc(Cl)c21. The Morgan fingerprint density at radius 3 is 3.06 bits per heavy atom. The smallest absolute Gasteiger partial charge is 0.216 e. The monoisotopic (exact) mass is 252 g/mol. The molecule has 0 saturated heterocycles. The molecular weight excluding hydrogens is 240 g/mol. The van der Waals surface area contributed by atoms with Gasteiger partial charge in [0.15, 0.2) is 0 Å². The van der Waals surface area contributed by atoms with Gasteiger partial charge in [0.05, 0.1) is 16.1 Å². The highest BCUT2D eigenvalue weighted by atomic mass is 35.5. The Bertz CT molecular complexity index is 564. The number of hydrogen-bond donors (Lipinski definition) is 2. The minimum absolute atomic E-state index is 0.0703. The van der Waals surface area contributed by atoms with Gasteiger partial charge in [-0.2, -0.15) is 0 Å². The maximum absolute atomic E-state index is 10.8. The lowest BCUT2D eigenvalue weighted by atomic mass is 10.3. The lowest BCUT2D eigenvalue weighted by molar-refractivity contribution is -0.118. The molecule has 0 aliphatic rings. The van der Waals surface area contributed by atoms with Gasteiger partial charge in [-0.3, -0.25) is 4.79 Å². The molecule has 1 amide bonds. The van der Waals surface area contributed by atoms with Crippen LogP contribution in [0, 0.1) is 0 Å². The molecule has 0 aliphatic carbocycles. The molecule has 0 spiro atoms. The average Bonchev–Trinajstić information content (AvgIpc) is 2.56. The van der Waals surface area contributed by atoms with Crippen LogP contribution in [0.3, 0.4) is 0 Å². The first-order valence-electron chi connectivity index (χ1n) is 5.24. The summed E-state index contributed by atoms with van der Waals surface area (Å²) in [6.45, 7) is 2.52. The number of amides is 1. The Hall–Kier alpha value is -1.75. The van der Waals surface area contributed by atoms with Crippen molar-refractivity contribution in [2.75, 3.05) is 12.3 Å². The molecule has 1 aromatic carbocycles. The molecule has 0 fully saturated rings. The van der Waals surface area contributed by atoms with Gasteiger partial charge in [-0.15, -0.1) is 0 Å². The number of para-hydroxylation sites is 1. The zero-order valence-corrected chi connectivity index (χ0v) is 10.2. The number of anilines is 1. The van der Waals surface area contributed by atoms with E-state index in [2.05, 4.69) is 10.3 Å². The van der Waals surface area contributed by atoms with Gasteiger partial charge < -0.3 is 15.6 Å². The topological polar surface area (TPSA) is 72.9 Å². The summed E-state index contributed by atoms with van der Waals surface area (Å²) in [5.74, 6) is 0.331. The van der Waals surface area contributed by atoms with Crippen LogP contribution in [0.2, 0.25) is 5.02 Å². The van der Waals surface area contributed by atoms with E-state index in [1.165, 1.54) is 6.92 Å². The van der Waals surface area contributed by atoms with Crippen molar-refractivity contribution in [2.24, 2.45) is 0 Å². The molecule has 2 rings (SSSR count). The number of carbonyl (C=O) groups excluding carboxylic acids is 1. The number of carbonyl (C=O) groups is 1. The summed E-state index contributed by atoms with van der Waals surface area (Å²) in [6.07, 6.45) is 0. The number of imidazole rings is 1. The number of rotatable bonds is 3. The van der Waals surface area contributed by atoms with Crippen LogP contribution in [0.4, 0.5) is 5.95 Å². The van der Waals surface area contributed by atoms with E-state index in [-0.39, 0.29) is 5.91 Å². The lowest BCUT2D eigenvalue weighted by Gasteiger charge is -2.07. The second kappa shape index (κ2) is 4.63. The van der Waals surface area contributed by atoms with Gasteiger partial charge >= 0.3 is 0 Å². The molecule has 90 valence electrons. The number of nitrogen functional groups attached to an aromatic ring is 1. The van der Waals surface area contributed by atoms with E-state index >= 15 is 0 Å². The van der Waals surface area contributed by atoms with Crippen molar-refractivity contribution in [1.29, 1.82) is 0 Å². The molecule has 0 saturated carbocycles. The first-order valence-corrected chi connectivity index (χ1v) is 5.62. The first-order chi connectivity index (χ1) is 8.09. The fourth-order valence-corrected chi connectivity index (χ4v) is 2.00. The Morgan fingerprint density at radius 1 is 1.59 bits per heavy atom. The second-order valence-electron chi connectivity index (χ2n) is 3.71. The van der Waals surface area contributed by atoms with Crippen LogP contribution in [0.5, 0.6) is 0 Å². The third-order valence-corrected chi connectivity index (χ3v) is 2.76. The predicted molar refractivity (Wildman–Crippen MR) is 67.8 cm³/mol. The number of nitrogens with two attached hydrogens (primary N) is 1. The highest BCUT2D eigenvalue weighted by Crippen LogP contribution is 2.25. The van der Waals surface area contributed by atoms with Crippen LogP contribution >= 0.6 is 11.6 Å². The molecule has 1 aromatic heterocycles. The van der Waals surface area contributed by atoms with Crippen molar-refractivity contribution in [3.8, 4) is 0 Å². The van der Waals surface area contributed by atoms with Crippen LogP contribution < -0.4 is 11.1 Å². The van der Waals surface area contributed by atoms with Crippen LogP contribution in [0.25, 0.3) is 11.0 Å². The van der Waals surface area contributed by atoms with Crippen molar-refractivity contribution in [3.63, 3.8) is 0 Å². The zero-order chi connectivity index (χ0) is 12.4. The van der Waals surface area contributed by atoms with Gasteiger partial charge in [-0.25, -0.2) is 4.98 Å². The van der Waals surface area contributed by atoms with Gasteiger partial charge in [0.1, 0.15) is 0 Å². The Balaban J connectivity index is 2.32. The fourth-order valence-electron chi connectivity index (χ4n) is 1.73. The summed E-state index contributed by atoms with van der Waals surface area (Å²) in [4.78, 5) is 15.0. The number of fused-ring (bicyclic) bond motifs is 1. The normalized spacial score (nSPS) is 10.7. The Kier molecular flexibility index (Phi) is 3.19. The van der Waals surface area contributed by atoms with Gasteiger partial charge in [0, 0.05) is 20.0 Å². The molecule has 0 unspecified atom stereocenters. The molecule has 0 atom stereocenters. The van der Waals surface area contributed by atoms with E-state index in [1.54, 1.807) is 10.6 Å². The van der Waals surface area contributed by atoms with Crippen molar-refractivity contribution >= 4 is 34.5 Å². The molecule has 1 heterocycles. The Labute approximate surface area is 104 Å². The maximum atomic E-state index is 10.8. The Morgan fingerprint density at radius 2 is 2.35 bits per heavy atom. The van der Waals surface area contributed by atoms with Gasteiger partial charge in [0.25, 0.3) is 0 Å². The molecule has 0 radical (unpaired) electrons. The first kappa shape index (κ1) is 11.7. The van der Waals surface area contributed by atoms with E-state index in [9.17, 15) is 4.79 Å². The van der Waals surface area contributed by atoms with E-state index in [0.29, 0.717) is 24.1 Å². The van der Waals surface area contributed by atoms with E-state index in [0.717, 1.165) is 11.0 Å². The van der Waals surface area contributed by atoms with Crippen LogP contribution in [-0.2, 0) is 11.3 Å². The van der Waals surface area contributed by atoms with Crippen LogP contribution in [0.15, 0.2) is 18.2 Å². The van der Waals surface area contributed by atoms with Crippen LogP contribution in [0.1, 0.15) is 6.92 Å².